The van der Waals surface area contributed by atoms with Crippen LogP contribution >= 0.6 is 0 Å². The second kappa shape index (κ2) is 11.0. The molecule has 0 spiro atoms. The second-order valence-corrected chi connectivity index (χ2v) is 7.36. The lowest BCUT2D eigenvalue weighted by Gasteiger charge is -2.32. The van der Waals surface area contributed by atoms with Crippen molar-refractivity contribution in [2.75, 3.05) is 26.2 Å². The van der Waals surface area contributed by atoms with Crippen LogP contribution in [0.4, 0.5) is 0 Å². The van der Waals surface area contributed by atoms with E-state index in [1.54, 1.807) is 6.92 Å². The number of amides is 2. The van der Waals surface area contributed by atoms with E-state index in [1.807, 2.05) is 0 Å². The molecule has 0 aromatic heterocycles. The SMILES string of the molecule is C[C@@H](C[CH]C(=O)NCCCN1CCC(Cc2ccccc2)CC1)C(N)=O. The molecule has 2 rings (SSSR count). The number of likely N-dealkylation sites (tertiary alicyclic amines) is 1. The van der Waals surface area contributed by atoms with Gasteiger partial charge in [-0.25, -0.2) is 0 Å². The van der Waals surface area contributed by atoms with Crippen LogP contribution in [0.3, 0.4) is 0 Å². The number of hydrogen-bond donors (Lipinski definition) is 2. The molecule has 1 aliphatic rings. The average molecular weight is 359 g/mol. The van der Waals surface area contributed by atoms with Crippen LogP contribution < -0.4 is 11.1 Å². The van der Waals surface area contributed by atoms with Gasteiger partial charge in [0.25, 0.3) is 0 Å². The Morgan fingerprint density at radius 1 is 1.27 bits per heavy atom. The van der Waals surface area contributed by atoms with E-state index in [-0.39, 0.29) is 17.7 Å². The van der Waals surface area contributed by atoms with E-state index in [0.717, 1.165) is 32.0 Å². The molecule has 0 aliphatic carbocycles. The van der Waals surface area contributed by atoms with Crippen molar-refractivity contribution < 1.29 is 9.59 Å². The summed E-state index contributed by atoms with van der Waals surface area (Å²) in [4.78, 5) is 25.1. The summed E-state index contributed by atoms with van der Waals surface area (Å²) in [6, 6.07) is 10.7. The maximum Gasteiger partial charge on any atom is 0.223 e. The molecule has 5 nitrogen and oxygen atoms in total. The summed E-state index contributed by atoms with van der Waals surface area (Å²) in [6.45, 7) is 5.72. The van der Waals surface area contributed by atoms with Crippen LogP contribution in [-0.4, -0.2) is 42.9 Å². The molecule has 2 amide bonds. The van der Waals surface area contributed by atoms with Gasteiger partial charge in [-0.1, -0.05) is 37.3 Å². The fourth-order valence-corrected chi connectivity index (χ4v) is 3.35. The van der Waals surface area contributed by atoms with Gasteiger partial charge in [0.2, 0.25) is 11.8 Å². The van der Waals surface area contributed by atoms with Gasteiger partial charge < -0.3 is 16.0 Å². The Labute approximate surface area is 157 Å². The number of carbonyl (C=O) groups excluding carboxylic acids is 2. The van der Waals surface area contributed by atoms with Gasteiger partial charge in [0.15, 0.2) is 0 Å². The van der Waals surface area contributed by atoms with Crippen molar-refractivity contribution in [3.8, 4) is 0 Å². The highest BCUT2D eigenvalue weighted by Gasteiger charge is 2.19. The standard InChI is InChI=1S/C21H32N3O2/c1-17(21(22)26)8-9-20(25)23-12-5-13-24-14-10-19(11-15-24)16-18-6-3-2-4-7-18/h2-4,6-7,9,17,19H,5,8,10-16H2,1H3,(H2,22,26)(H,23,25)/t17-/m0/s1. The van der Waals surface area contributed by atoms with Crippen LogP contribution in [0.5, 0.6) is 0 Å². The van der Waals surface area contributed by atoms with Crippen molar-refractivity contribution in [2.45, 2.75) is 39.0 Å². The Balaban J connectivity index is 1.52. The summed E-state index contributed by atoms with van der Waals surface area (Å²) in [6.07, 6.45) is 6.55. The third-order valence-corrected chi connectivity index (χ3v) is 5.17. The highest BCUT2D eigenvalue weighted by Crippen LogP contribution is 2.21. The molecule has 5 heteroatoms. The van der Waals surface area contributed by atoms with Crippen LogP contribution in [0.2, 0.25) is 0 Å². The monoisotopic (exact) mass is 358 g/mol. The largest absolute Gasteiger partial charge is 0.369 e. The van der Waals surface area contributed by atoms with Gasteiger partial charge in [-0.05, 0) is 63.2 Å². The fourth-order valence-electron chi connectivity index (χ4n) is 3.35. The molecule has 1 aliphatic heterocycles. The Morgan fingerprint density at radius 3 is 2.62 bits per heavy atom. The number of hydrogen-bond acceptors (Lipinski definition) is 3. The van der Waals surface area contributed by atoms with Gasteiger partial charge in [0.05, 0.1) is 6.42 Å². The molecule has 1 aromatic carbocycles. The van der Waals surface area contributed by atoms with E-state index in [0.29, 0.717) is 13.0 Å². The number of nitrogens with zero attached hydrogens (tertiary/aromatic N) is 1. The molecule has 1 fully saturated rings. The Kier molecular flexibility index (Phi) is 8.62. The molecular formula is C21H32N3O2. The minimum atomic E-state index is -0.371. The number of rotatable bonds is 10. The topological polar surface area (TPSA) is 75.4 Å². The number of benzene rings is 1. The third kappa shape index (κ3) is 7.56. The van der Waals surface area contributed by atoms with Gasteiger partial charge in [-0.3, -0.25) is 9.59 Å². The summed E-state index contributed by atoms with van der Waals surface area (Å²) >= 11 is 0. The quantitative estimate of drug-likeness (QED) is 0.630. The number of nitrogens with one attached hydrogen (secondary N) is 1. The summed E-state index contributed by atoms with van der Waals surface area (Å²) in [5.74, 6) is 0.0116. The van der Waals surface area contributed by atoms with Crippen molar-refractivity contribution in [2.24, 2.45) is 17.6 Å². The lowest BCUT2D eigenvalue weighted by Crippen LogP contribution is -2.36. The van der Waals surface area contributed by atoms with E-state index in [9.17, 15) is 9.59 Å². The normalized spacial score (nSPS) is 17.0. The molecule has 26 heavy (non-hydrogen) atoms. The molecule has 1 atom stereocenters. The van der Waals surface area contributed by atoms with E-state index in [4.69, 9.17) is 5.73 Å². The van der Waals surface area contributed by atoms with Gasteiger partial charge >= 0.3 is 0 Å². The first-order valence-electron chi connectivity index (χ1n) is 9.71. The van der Waals surface area contributed by atoms with Gasteiger partial charge in [0.1, 0.15) is 0 Å². The zero-order chi connectivity index (χ0) is 18.8. The predicted octanol–water partition coefficient (Wildman–Crippen LogP) is 2.16. The summed E-state index contributed by atoms with van der Waals surface area (Å²) in [5.41, 5.74) is 6.62. The molecule has 1 aromatic rings. The molecule has 3 N–H and O–H groups in total. The highest BCUT2D eigenvalue weighted by atomic mass is 16.2. The van der Waals surface area contributed by atoms with Crippen LogP contribution in [0.15, 0.2) is 30.3 Å². The number of primary amides is 1. The van der Waals surface area contributed by atoms with E-state index < -0.39 is 0 Å². The van der Waals surface area contributed by atoms with Gasteiger partial charge in [0, 0.05) is 12.5 Å². The van der Waals surface area contributed by atoms with Gasteiger partial charge in [-0.15, -0.1) is 0 Å². The zero-order valence-corrected chi connectivity index (χ0v) is 15.8. The maximum absolute atomic E-state index is 11.7. The predicted molar refractivity (Wildman–Crippen MR) is 104 cm³/mol. The van der Waals surface area contributed by atoms with Crippen molar-refractivity contribution in [1.29, 1.82) is 0 Å². The van der Waals surface area contributed by atoms with Crippen molar-refractivity contribution in [1.82, 2.24) is 10.2 Å². The third-order valence-electron chi connectivity index (χ3n) is 5.17. The average Bonchev–Trinajstić information content (AvgIpc) is 2.65. The van der Waals surface area contributed by atoms with Crippen molar-refractivity contribution in [3.05, 3.63) is 42.3 Å². The first kappa shape index (κ1) is 20.4. The van der Waals surface area contributed by atoms with E-state index >= 15 is 0 Å². The summed E-state index contributed by atoms with van der Waals surface area (Å²) < 4.78 is 0. The number of nitrogens with two attached hydrogens (primary N) is 1. The second-order valence-electron chi connectivity index (χ2n) is 7.36. The minimum absolute atomic E-state index is 0.111. The molecule has 1 saturated heterocycles. The fraction of sp³-hybridized carbons (Fsp3) is 0.571. The van der Waals surface area contributed by atoms with E-state index in [2.05, 4.69) is 40.5 Å². The Bertz CT molecular complexity index is 554. The summed E-state index contributed by atoms with van der Waals surface area (Å²) in [7, 11) is 0. The first-order chi connectivity index (χ1) is 12.5. The molecule has 143 valence electrons. The van der Waals surface area contributed by atoms with Crippen LogP contribution in [0.1, 0.15) is 38.2 Å². The Morgan fingerprint density at radius 2 is 1.96 bits per heavy atom. The maximum atomic E-state index is 11.7. The molecule has 0 saturated carbocycles. The first-order valence-corrected chi connectivity index (χ1v) is 9.71. The number of piperidine rings is 1. The van der Waals surface area contributed by atoms with Gasteiger partial charge in [-0.2, -0.15) is 0 Å². The molecule has 1 radical (unpaired) electrons. The highest BCUT2D eigenvalue weighted by molar-refractivity contribution is 5.85. The van der Waals surface area contributed by atoms with Crippen LogP contribution in [0, 0.1) is 18.3 Å². The Hall–Kier alpha value is -1.88. The lowest BCUT2D eigenvalue weighted by molar-refractivity contribution is -0.121. The molecule has 0 bridgehead atoms. The zero-order valence-electron chi connectivity index (χ0n) is 15.8. The van der Waals surface area contributed by atoms with Crippen LogP contribution in [-0.2, 0) is 16.0 Å². The minimum Gasteiger partial charge on any atom is -0.369 e. The summed E-state index contributed by atoms with van der Waals surface area (Å²) in [5, 5.41) is 2.88. The number of carbonyl (C=O) groups is 2. The molecule has 0 unspecified atom stereocenters. The smallest absolute Gasteiger partial charge is 0.223 e. The van der Waals surface area contributed by atoms with Crippen molar-refractivity contribution in [3.63, 3.8) is 0 Å². The molecular weight excluding hydrogens is 326 g/mol. The van der Waals surface area contributed by atoms with E-state index in [1.165, 1.54) is 31.2 Å². The molecule has 1 heterocycles. The van der Waals surface area contributed by atoms with Crippen molar-refractivity contribution >= 4 is 11.8 Å². The van der Waals surface area contributed by atoms with Crippen LogP contribution in [0.25, 0.3) is 0 Å². The lowest BCUT2D eigenvalue weighted by atomic mass is 9.90.